The van der Waals surface area contributed by atoms with Crippen LogP contribution in [-0.2, 0) is 13.0 Å². The molecule has 0 atom stereocenters. The van der Waals surface area contributed by atoms with Crippen LogP contribution in [-0.4, -0.2) is 6.29 Å². The molecule has 0 aliphatic rings. The maximum Gasteiger partial charge on any atom is 0.153 e. The predicted octanol–water partition coefficient (Wildman–Crippen LogP) is 4.73. The van der Waals surface area contributed by atoms with E-state index in [1.54, 1.807) is 13.0 Å². The van der Waals surface area contributed by atoms with Crippen molar-refractivity contribution < 1.29 is 13.9 Å². The van der Waals surface area contributed by atoms with Crippen molar-refractivity contribution in [1.29, 1.82) is 0 Å². The van der Waals surface area contributed by atoms with Crippen LogP contribution in [0.3, 0.4) is 0 Å². The van der Waals surface area contributed by atoms with Crippen LogP contribution in [0.1, 0.15) is 39.5 Å². The number of benzene rings is 2. The zero-order valence-electron chi connectivity index (χ0n) is 12.9. The van der Waals surface area contributed by atoms with Gasteiger partial charge in [0.1, 0.15) is 18.2 Å². The standard InChI is InChI=1S/C19H19FO2/c1-4-15-13(3)18(20)17(11-21)16(5-2)19(15)22-12-14-9-7-6-8-10-14/h4,6-11H,1,5,12H2,2-3H3. The lowest BCUT2D eigenvalue weighted by molar-refractivity contribution is 0.111. The summed E-state index contributed by atoms with van der Waals surface area (Å²) < 4.78 is 20.2. The van der Waals surface area contributed by atoms with Crippen LogP contribution in [0, 0.1) is 12.7 Å². The summed E-state index contributed by atoms with van der Waals surface area (Å²) in [4.78, 5) is 11.3. The normalized spacial score (nSPS) is 10.3. The first-order chi connectivity index (χ1) is 10.6. The van der Waals surface area contributed by atoms with Crippen molar-refractivity contribution in [2.24, 2.45) is 0 Å². The first kappa shape index (κ1) is 16.0. The summed E-state index contributed by atoms with van der Waals surface area (Å²) in [5, 5.41) is 0. The average Bonchev–Trinajstić information content (AvgIpc) is 2.56. The van der Waals surface area contributed by atoms with Gasteiger partial charge in [-0.15, -0.1) is 0 Å². The van der Waals surface area contributed by atoms with Crippen molar-refractivity contribution in [2.75, 3.05) is 0 Å². The van der Waals surface area contributed by atoms with E-state index < -0.39 is 5.82 Å². The van der Waals surface area contributed by atoms with Gasteiger partial charge in [-0.25, -0.2) is 4.39 Å². The lowest BCUT2D eigenvalue weighted by atomic mass is 9.95. The first-order valence-corrected chi connectivity index (χ1v) is 7.23. The minimum absolute atomic E-state index is 0.0775. The Kier molecular flexibility index (Phi) is 5.10. The van der Waals surface area contributed by atoms with E-state index in [1.165, 1.54) is 0 Å². The van der Waals surface area contributed by atoms with Gasteiger partial charge in [-0.05, 0) is 24.5 Å². The molecule has 0 amide bonds. The van der Waals surface area contributed by atoms with Crippen molar-refractivity contribution >= 4 is 12.4 Å². The highest BCUT2D eigenvalue weighted by atomic mass is 19.1. The van der Waals surface area contributed by atoms with E-state index in [0.29, 0.717) is 41.8 Å². The molecular weight excluding hydrogens is 279 g/mol. The number of ether oxygens (including phenoxy) is 1. The molecule has 3 heteroatoms. The van der Waals surface area contributed by atoms with Gasteiger partial charge < -0.3 is 4.74 Å². The molecule has 0 bridgehead atoms. The Labute approximate surface area is 130 Å². The molecule has 0 N–H and O–H groups in total. The molecule has 2 aromatic rings. The van der Waals surface area contributed by atoms with E-state index in [-0.39, 0.29) is 5.56 Å². The lowest BCUT2D eigenvalue weighted by Gasteiger charge is -2.18. The number of aldehydes is 1. The minimum atomic E-state index is -0.492. The second-order valence-electron chi connectivity index (χ2n) is 5.02. The largest absolute Gasteiger partial charge is 0.488 e. The summed E-state index contributed by atoms with van der Waals surface area (Å²) in [5.41, 5.74) is 2.67. The molecule has 0 aliphatic carbocycles. The molecule has 22 heavy (non-hydrogen) atoms. The zero-order valence-corrected chi connectivity index (χ0v) is 12.9. The molecule has 0 aliphatic heterocycles. The Morgan fingerprint density at radius 1 is 1.23 bits per heavy atom. The third-order valence-corrected chi connectivity index (χ3v) is 3.72. The van der Waals surface area contributed by atoms with Crippen molar-refractivity contribution in [3.8, 4) is 5.75 Å². The topological polar surface area (TPSA) is 26.3 Å². The van der Waals surface area contributed by atoms with Gasteiger partial charge in [0.2, 0.25) is 0 Å². The highest BCUT2D eigenvalue weighted by molar-refractivity contribution is 5.82. The van der Waals surface area contributed by atoms with Gasteiger partial charge in [0, 0.05) is 11.1 Å². The van der Waals surface area contributed by atoms with E-state index in [9.17, 15) is 9.18 Å². The number of halogens is 1. The third-order valence-electron chi connectivity index (χ3n) is 3.72. The molecule has 0 radical (unpaired) electrons. The van der Waals surface area contributed by atoms with Gasteiger partial charge in [-0.3, -0.25) is 4.79 Å². The zero-order chi connectivity index (χ0) is 16.1. The van der Waals surface area contributed by atoms with Gasteiger partial charge >= 0.3 is 0 Å². The smallest absolute Gasteiger partial charge is 0.153 e. The summed E-state index contributed by atoms with van der Waals surface area (Å²) in [7, 11) is 0. The maximum atomic E-state index is 14.3. The fourth-order valence-electron chi connectivity index (χ4n) is 2.52. The van der Waals surface area contributed by atoms with E-state index >= 15 is 0 Å². The number of hydrogen-bond donors (Lipinski definition) is 0. The van der Waals surface area contributed by atoms with Crippen molar-refractivity contribution in [3.05, 3.63) is 70.5 Å². The number of hydrogen-bond acceptors (Lipinski definition) is 2. The number of carbonyl (C=O) groups is 1. The number of carbonyl (C=O) groups excluding carboxylic acids is 1. The summed E-state index contributed by atoms with van der Waals surface area (Å²) in [6.07, 6.45) is 2.64. The Morgan fingerprint density at radius 2 is 1.91 bits per heavy atom. The molecule has 0 unspecified atom stereocenters. The van der Waals surface area contributed by atoms with E-state index in [1.807, 2.05) is 37.3 Å². The molecule has 2 rings (SSSR count). The number of rotatable bonds is 6. The Hall–Kier alpha value is -2.42. The van der Waals surface area contributed by atoms with Gasteiger partial charge in [-0.2, -0.15) is 0 Å². The van der Waals surface area contributed by atoms with Gasteiger partial charge in [0.15, 0.2) is 6.29 Å². The molecule has 2 nitrogen and oxygen atoms in total. The van der Waals surface area contributed by atoms with Crippen LogP contribution < -0.4 is 4.74 Å². The molecular formula is C19H19FO2. The second kappa shape index (κ2) is 7.03. The molecule has 0 heterocycles. The Balaban J connectivity index is 2.50. The van der Waals surface area contributed by atoms with E-state index in [0.717, 1.165) is 5.56 Å². The SMILES string of the molecule is C=Cc1c(C)c(F)c(C=O)c(CC)c1OCc1ccccc1. The fourth-order valence-corrected chi connectivity index (χ4v) is 2.52. The van der Waals surface area contributed by atoms with Crippen LogP contribution in [0.4, 0.5) is 4.39 Å². The Morgan fingerprint density at radius 3 is 2.45 bits per heavy atom. The van der Waals surface area contributed by atoms with Crippen LogP contribution in [0.15, 0.2) is 36.9 Å². The van der Waals surface area contributed by atoms with Crippen molar-refractivity contribution in [2.45, 2.75) is 26.9 Å². The van der Waals surface area contributed by atoms with Gasteiger partial charge in [0.25, 0.3) is 0 Å². The molecule has 2 aromatic carbocycles. The minimum Gasteiger partial charge on any atom is -0.488 e. The van der Waals surface area contributed by atoms with E-state index in [2.05, 4.69) is 6.58 Å². The van der Waals surface area contributed by atoms with Crippen LogP contribution in [0.25, 0.3) is 6.08 Å². The maximum absolute atomic E-state index is 14.3. The highest BCUT2D eigenvalue weighted by Gasteiger charge is 2.20. The summed E-state index contributed by atoms with van der Waals surface area (Å²) in [6, 6.07) is 9.70. The fraction of sp³-hybridized carbons (Fsp3) is 0.211. The molecule has 0 aromatic heterocycles. The van der Waals surface area contributed by atoms with E-state index in [4.69, 9.17) is 4.74 Å². The monoisotopic (exact) mass is 298 g/mol. The van der Waals surface area contributed by atoms with Gasteiger partial charge in [-0.1, -0.05) is 49.9 Å². The quantitative estimate of drug-likeness (QED) is 0.721. The van der Waals surface area contributed by atoms with Crippen LogP contribution in [0.5, 0.6) is 5.75 Å². The third kappa shape index (κ3) is 2.93. The van der Waals surface area contributed by atoms with Crippen LogP contribution >= 0.6 is 0 Å². The summed E-state index contributed by atoms with van der Waals surface area (Å²) in [6.45, 7) is 7.61. The molecule has 114 valence electrons. The summed E-state index contributed by atoms with van der Waals surface area (Å²) in [5.74, 6) is 0.0520. The molecule has 0 fully saturated rings. The molecule has 0 saturated carbocycles. The summed E-state index contributed by atoms with van der Waals surface area (Å²) >= 11 is 0. The average molecular weight is 298 g/mol. The predicted molar refractivity (Wildman–Crippen MR) is 86.8 cm³/mol. The lowest BCUT2D eigenvalue weighted by Crippen LogP contribution is -2.07. The Bertz CT molecular complexity index is 691. The second-order valence-corrected chi connectivity index (χ2v) is 5.02. The molecule has 0 saturated heterocycles. The van der Waals surface area contributed by atoms with Gasteiger partial charge in [0.05, 0.1) is 5.56 Å². The van der Waals surface area contributed by atoms with Crippen molar-refractivity contribution in [3.63, 3.8) is 0 Å². The van der Waals surface area contributed by atoms with Crippen molar-refractivity contribution in [1.82, 2.24) is 0 Å². The van der Waals surface area contributed by atoms with Crippen LogP contribution in [0.2, 0.25) is 0 Å². The highest BCUT2D eigenvalue weighted by Crippen LogP contribution is 2.34. The first-order valence-electron chi connectivity index (χ1n) is 7.23. The molecule has 0 spiro atoms.